The summed E-state index contributed by atoms with van der Waals surface area (Å²) in [4.78, 5) is 6.10. The maximum absolute atomic E-state index is 5.91. The van der Waals surface area contributed by atoms with E-state index in [-0.39, 0.29) is 0 Å². The largest absolute Gasteiger partial charge is 0.497 e. The van der Waals surface area contributed by atoms with Crippen LogP contribution in [0.15, 0.2) is 72.8 Å². The number of thiazole rings is 1. The second-order valence-electron chi connectivity index (χ2n) is 8.70. The molecule has 0 radical (unpaired) electrons. The molecule has 1 aromatic heterocycles. The van der Waals surface area contributed by atoms with E-state index in [0.29, 0.717) is 0 Å². The van der Waals surface area contributed by atoms with Crippen molar-refractivity contribution in [3.8, 4) is 33.2 Å². The van der Waals surface area contributed by atoms with Crippen LogP contribution in [0.25, 0.3) is 21.7 Å². The van der Waals surface area contributed by atoms with Gasteiger partial charge in [0.1, 0.15) is 11.5 Å². The van der Waals surface area contributed by atoms with E-state index in [9.17, 15) is 0 Å². The first-order chi connectivity index (χ1) is 17.2. The Labute approximate surface area is 213 Å². The van der Waals surface area contributed by atoms with Crippen LogP contribution in [0.2, 0.25) is 0 Å². The fourth-order valence-corrected chi connectivity index (χ4v) is 4.89. The zero-order valence-corrected chi connectivity index (χ0v) is 21.7. The molecule has 0 unspecified atom stereocenters. The molecule has 0 fully saturated rings. The SMILES string of the molecule is CCCCCCCOc1ccc(Nc2nc(-c3ccc(C)cc3)c(-c3ccc(OC)cc3)s2)cc1. The normalized spacial score (nSPS) is 10.8. The number of nitrogens with one attached hydrogen (secondary N) is 1. The molecule has 35 heavy (non-hydrogen) atoms. The molecule has 0 aliphatic rings. The van der Waals surface area contributed by atoms with Crippen molar-refractivity contribution in [1.82, 2.24) is 4.98 Å². The van der Waals surface area contributed by atoms with Crippen LogP contribution in [0.3, 0.4) is 0 Å². The average Bonchev–Trinajstić information content (AvgIpc) is 3.31. The van der Waals surface area contributed by atoms with Crippen LogP contribution < -0.4 is 14.8 Å². The minimum Gasteiger partial charge on any atom is -0.497 e. The van der Waals surface area contributed by atoms with Crippen LogP contribution in [-0.4, -0.2) is 18.7 Å². The number of aromatic nitrogens is 1. The molecule has 4 rings (SSSR count). The number of unbranched alkanes of at least 4 members (excludes halogenated alkanes) is 4. The summed E-state index contributed by atoms with van der Waals surface area (Å²) in [7, 11) is 1.69. The van der Waals surface area contributed by atoms with E-state index in [0.717, 1.165) is 57.0 Å². The van der Waals surface area contributed by atoms with E-state index < -0.39 is 0 Å². The summed E-state index contributed by atoms with van der Waals surface area (Å²) in [6, 6.07) is 24.8. The first-order valence-electron chi connectivity index (χ1n) is 12.4. The van der Waals surface area contributed by atoms with Crippen LogP contribution >= 0.6 is 11.3 Å². The van der Waals surface area contributed by atoms with Crippen molar-refractivity contribution in [2.24, 2.45) is 0 Å². The number of ether oxygens (including phenoxy) is 2. The second kappa shape index (κ2) is 12.4. The smallest absolute Gasteiger partial charge is 0.188 e. The maximum atomic E-state index is 5.91. The highest BCUT2D eigenvalue weighted by Crippen LogP contribution is 2.40. The number of anilines is 2. The summed E-state index contributed by atoms with van der Waals surface area (Å²) in [6.07, 6.45) is 6.21. The zero-order valence-electron chi connectivity index (χ0n) is 20.8. The summed E-state index contributed by atoms with van der Waals surface area (Å²) in [6.45, 7) is 5.11. The van der Waals surface area contributed by atoms with Crippen LogP contribution in [0.4, 0.5) is 10.8 Å². The second-order valence-corrected chi connectivity index (χ2v) is 9.70. The fourth-order valence-electron chi connectivity index (χ4n) is 3.87. The Balaban J connectivity index is 1.49. The molecule has 4 nitrogen and oxygen atoms in total. The predicted molar refractivity (Wildman–Crippen MR) is 148 cm³/mol. The Morgan fingerprint density at radius 1 is 0.771 bits per heavy atom. The lowest BCUT2D eigenvalue weighted by molar-refractivity contribution is 0.304. The van der Waals surface area contributed by atoms with E-state index in [1.807, 2.05) is 36.4 Å². The Kier molecular flexibility index (Phi) is 8.79. The maximum Gasteiger partial charge on any atom is 0.188 e. The Bertz CT molecular complexity index is 1180. The summed E-state index contributed by atoms with van der Waals surface area (Å²) >= 11 is 1.65. The molecular formula is C30H34N2O2S. The predicted octanol–water partition coefficient (Wildman–Crippen LogP) is 8.89. The summed E-state index contributed by atoms with van der Waals surface area (Å²) in [5.41, 5.74) is 5.43. The molecule has 5 heteroatoms. The van der Waals surface area contributed by atoms with Gasteiger partial charge < -0.3 is 14.8 Å². The highest BCUT2D eigenvalue weighted by molar-refractivity contribution is 7.19. The number of benzene rings is 3. The van der Waals surface area contributed by atoms with Gasteiger partial charge in [0.15, 0.2) is 5.13 Å². The van der Waals surface area contributed by atoms with Crippen molar-refractivity contribution in [1.29, 1.82) is 0 Å². The molecule has 0 spiro atoms. The van der Waals surface area contributed by atoms with Gasteiger partial charge in [-0.3, -0.25) is 0 Å². The van der Waals surface area contributed by atoms with Gasteiger partial charge in [0.05, 0.1) is 24.3 Å². The first-order valence-corrected chi connectivity index (χ1v) is 13.2. The fraction of sp³-hybridized carbons (Fsp3) is 0.300. The van der Waals surface area contributed by atoms with Crippen LogP contribution in [-0.2, 0) is 0 Å². The number of rotatable bonds is 12. The Hall–Kier alpha value is -3.31. The lowest BCUT2D eigenvalue weighted by atomic mass is 10.1. The van der Waals surface area contributed by atoms with Crippen molar-refractivity contribution in [2.45, 2.75) is 46.0 Å². The summed E-state index contributed by atoms with van der Waals surface area (Å²) in [5.74, 6) is 1.75. The van der Waals surface area contributed by atoms with Crippen LogP contribution in [0.5, 0.6) is 11.5 Å². The highest BCUT2D eigenvalue weighted by atomic mass is 32.1. The standard InChI is InChI=1S/C30H34N2O2S/c1-4-5-6-7-8-21-34-27-19-15-25(16-20-27)31-30-32-28(23-11-9-22(2)10-12-23)29(35-30)24-13-17-26(33-3)18-14-24/h9-20H,4-8,21H2,1-3H3,(H,31,32). The highest BCUT2D eigenvalue weighted by Gasteiger charge is 2.15. The van der Waals surface area contributed by atoms with Gasteiger partial charge in [-0.1, -0.05) is 73.8 Å². The van der Waals surface area contributed by atoms with Gasteiger partial charge >= 0.3 is 0 Å². The molecule has 0 saturated carbocycles. The van der Waals surface area contributed by atoms with E-state index in [1.54, 1.807) is 18.4 Å². The van der Waals surface area contributed by atoms with Crippen molar-refractivity contribution < 1.29 is 9.47 Å². The van der Waals surface area contributed by atoms with Gasteiger partial charge in [0.25, 0.3) is 0 Å². The molecular weight excluding hydrogens is 452 g/mol. The van der Waals surface area contributed by atoms with Gasteiger partial charge in [0.2, 0.25) is 0 Å². The van der Waals surface area contributed by atoms with Crippen LogP contribution in [0, 0.1) is 6.92 Å². The van der Waals surface area contributed by atoms with E-state index in [2.05, 4.69) is 55.6 Å². The molecule has 0 saturated heterocycles. The summed E-state index contributed by atoms with van der Waals surface area (Å²) in [5, 5.41) is 4.34. The van der Waals surface area contributed by atoms with Gasteiger partial charge in [-0.25, -0.2) is 4.98 Å². The van der Waals surface area contributed by atoms with E-state index in [1.165, 1.54) is 31.2 Å². The third-order valence-electron chi connectivity index (χ3n) is 5.93. The molecule has 0 bridgehead atoms. The van der Waals surface area contributed by atoms with Crippen molar-refractivity contribution in [3.63, 3.8) is 0 Å². The van der Waals surface area contributed by atoms with Gasteiger partial charge in [0, 0.05) is 11.3 Å². The zero-order chi connectivity index (χ0) is 24.5. The molecule has 3 aromatic carbocycles. The number of aryl methyl sites for hydroxylation is 1. The third kappa shape index (κ3) is 6.86. The minimum atomic E-state index is 0.772. The molecule has 0 atom stereocenters. The number of hydrogen-bond donors (Lipinski definition) is 1. The molecule has 0 aliphatic carbocycles. The van der Waals surface area contributed by atoms with Gasteiger partial charge in [-0.15, -0.1) is 0 Å². The first kappa shape index (κ1) is 24.8. The Morgan fingerprint density at radius 3 is 2.11 bits per heavy atom. The Morgan fingerprint density at radius 2 is 1.43 bits per heavy atom. The van der Waals surface area contributed by atoms with E-state index >= 15 is 0 Å². The van der Waals surface area contributed by atoms with E-state index in [4.69, 9.17) is 14.5 Å². The molecule has 0 aliphatic heterocycles. The molecule has 4 aromatic rings. The average molecular weight is 487 g/mol. The lowest BCUT2D eigenvalue weighted by Crippen LogP contribution is -1.97. The summed E-state index contributed by atoms with van der Waals surface area (Å²) < 4.78 is 11.2. The lowest BCUT2D eigenvalue weighted by Gasteiger charge is -2.07. The van der Waals surface area contributed by atoms with Gasteiger partial charge in [-0.05, 0) is 67.4 Å². The number of methoxy groups -OCH3 is 1. The van der Waals surface area contributed by atoms with Crippen LogP contribution in [0.1, 0.15) is 44.6 Å². The van der Waals surface area contributed by atoms with Gasteiger partial charge in [-0.2, -0.15) is 0 Å². The molecule has 0 amide bonds. The van der Waals surface area contributed by atoms with Crippen molar-refractivity contribution in [3.05, 3.63) is 78.4 Å². The quantitative estimate of drug-likeness (QED) is 0.203. The van der Waals surface area contributed by atoms with Crippen molar-refractivity contribution in [2.75, 3.05) is 19.0 Å². The number of nitrogens with zero attached hydrogens (tertiary/aromatic N) is 1. The minimum absolute atomic E-state index is 0.772. The molecule has 182 valence electrons. The molecule has 1 N–H and O–H groups in total. The monoisotopic (exact) mass is 486 g/mol. The number of hydrogen-bond acceptors (Lipinski definition) is 5. The van der Waals surface area contributed by atoms with Crippen molar-refractivity contribution >= 4 is 22.2 Å². The third-order valence-corrected chi connectivity index (χ3v) is 6.95. The molecule has 1 heterocycles. The topological polar surface area (TPSA) is 43.4 Å².